The zero-order chi connectivity index (χ0) is 8.72. The molecule has 2 rings (SSSR count). The lowest BCUT2D eigenvalue weighted by Crippen LogP contribution is -2.21. The second-order valence-electron chi connectivity index (χ2n) is 4.22. The van der Waals surface area contributed by atoms with Gasteiger partial charge in [0.1, 0.15) is 0 Å². The van der Waals surface area contributed by atoms with Crippen LogP contribution in [0.4, 0.5) is 0 Å². The lowest BCUT2D eigenvalue weighted by atomic mass is 9.90. The zero-order valence-corrected chi connectivity index (χ0v) is 11.7. The van der Waals surface area contributed by atoms with Gasteiger partial charge in [0.25, 0.3) is 0 Å². The Bertz CT molecular complexity index is 170. The molecule has 0 amide bonds. The van der Waals surface area contributed by atoms with Crippen molar-refractivity contribution in [1.82, 2.24) is 0 Å². The molecule has 0 aromatic carbocycles. The maximum absolute atomic E-state index is 3.13. The molecular weight excluding hydrogens is 220 g/mol. The van der Waals surface area contributed by atoms with E-state index >= 15 is 0 Å². The van der Waals surface area contributed by atoms with Crippen LogP contribution in [0.5, 0.6) is 0 Å². The Morgan fingerprint density at radius 1 is 1.33 bits per heavy atom. The summed E-state index contributed by atoms with van der Waals surface area (Å²) in [6.07, 6.45) is 4.65. The Morgan fingerprint density at radius 3 is 2.50 bits per heavy atom. The summed E-state index contributed by atoms with van der Waals surface area (Å²) in [6.45, 7) is 2.50. The molecule has 70 valence electrons. The Hall–Kier alpha value is 1.72. The molecule has 0 aliphatic heterocycles. The highest BCUT2D eigenvalue weighted by atomic mass is 32.6. The largest absolute Gasteiger partial charge is 0.110 e. The first-order valence-electron chi connectivity index (χ1n) is 4.74. The molecule has 0 aromatic rings. The summed E-state index contributed by atoms with van der Waals surface area (Å²) in [4.78, 5) is 0. The van der Waals surface area contributed by atoms with Crippen LogP contribution in [0.25, 0.3) is 0 Å². The molecule has 2 aliphatic rings. The predicted molar refractivity (Wildman–Crippen MR) is 68.4 cm³/mol. The van der Waals surface area contributed by atoms with Gasteiger partial charge in [-0.15, -0.1) is 17.9 Å². The SMILES string of the molecule is C[C@H]1C2CCC(C2)[C@@H]1P(P)PP. The first-order chi connectivity index (χ1) is 5.74. The van der Waals surface area contributed by atoms with E-state index in [0.717, 1.165) is 31.4 Å². The fraction of sp³-hybridized carbons (Fsp3) is 1.00. The standard InChI is InChI=1S/C8H18P4/c1-5-6-2-3-7(4-6)8(5)12(10)11-9/h5-8,11H,2-4,9-10H2,1H3/t5-,6?,7?,8+,12?/m0/s1. The highest BCUT2D eigenvalue weighted by Crippen LogP contribution is 2.75. The number of hydrogen-bond donors (Lipinski definition) is 0. The van der Waals surface area contributed by atoms with Crippen LogP contribution in [0.15, 0.2) is 0 Å². The van der Waals surface area contributed by atoms with Crippen LogP contribution in [-0.2, 0) is 0 Å². The van der Waals surface area contributed by atoms with Gasteiger partial charge in [-0.2, -0.15) is 0 Å². The predicted octanol–water partition coefficient (Wildman–Crippen LogP) is 4.08. The van der Waals surface area contributed by atoms with Crippen molar-refractivity contribution in [3.63, 3.8) is 0 Å². The Labute approximate surface area is 83.0 Å². The molecule has 0 radical (unpaired) electrons. The highest BCUT2D eigenvalue weighted by Gasteiger charge is 2.46. The minimum absolute atomic E-state index is 0.274. The van der Waals surface area contributed by atoms with Gasteiger partial charge in [-0.1, -0.05) is 22.2 Å². The van der Waals surface area contributed by atoms with Crippen LogP contribution in [0.2, 0.25) is 0 Å². The molecule has 2 saturated carbocycles. The summed E-state index contributed by atoms with van der Waals surface area (Å²) in [5.74, 6) is 3.26. The van der Waals surface area contributed by atoms with Crippen molar-refractivity contribution in [1.29, 1.82) is 0 Å². The smallest absolute Gasteiger partial charge is 0.00792 e. The van der Waals surface area contributed by atoms with Crippen molar-refractivity contribution in [2.75, 3.05) is 0 Å². The fourth-order valence-corrected chi connectivity index (χ4v) is 9.71. The van der Waals surface area contributed by atoms with Gasteiger partial charge < -0.3 is 0 Å². The minimum Gasteiger partial charge on any atom is -0.110 e. The lowest BCUT2D eigenvalue weighted by molar-refractivity contribution is 0.369. The summed E-state index contributed by atoms with van der Waals surface area (Å²) in [5, 5.41) is 0. The van der Waals surface area contributed by atoms with Gasteiger partial charge in [-0.25, -0.2) is 0 Å². The molecule has 2 aliphatic carbocycles. The van der Waals surface area contributed by atoms with Gasteiger partial charge in [0, 0.05) is 0 Å². The van der Waals surface area contributed by atoms with Crippen molar-refractivity contribution in [2.24, 2.45) is 17.8 Å². The van der Waals surface area contributed by atoms with E-state index in [1.165, 1.54) is 6.42 Å². The van der Waals surface area contributed by atoms with Crippen LogP contribution in [0.3, 0.4) is 0 Å². The van der Waals surface area contributed by atoms with E-state index in [2.05, 4.69) is 24.8 Å². The second-order valence-corrected chi connectivity index (χ2v) is 13.8. The lowest BCUT2D eigenvalue weighted by Gasteiger charge is -2.32. The summed E-state index contributed by atoms with van der Waals surface area (Å²) >= 11 is 0. The van der Waals surface area contributed by atoms with Gasteiger partial charge in [0.15, 0.2) is 0 Å². The average Bonchev–Trinajstić information content (AvgIpc) is 2.63. The molecule has 4 heteroatoms. The van der Waals surface area contributed by atoms with Crippen LogP contribution in [0, 0.1) is 17.8 Å². The Balaban J connectivity index is 2.06. The van der Waals surface area contributed by atoms with Crippen molar-refractivity contribution < 1.29 is 0 Å². The molecule has 0 N–H and O–H groups in total. The third-order valence-corrected chi connectivity index (χ3v) is 15.1. The summed E-state index contributed by atoms with van der Waals surface area (Å²) in [5.41, 5.74) is 1.10. The third-order valence-electron chi connectivity index (χ3n) is 3.75. The van der Waals surface area contributed by atoms with Crippen molar-refractivity contribution >= 4 is 33.1 Å². The maximum Gasteiger partial charge on any atom is -0.00792 e. The highest BCUT2D eigenvalue weighted by molar-refractivity contribution is 8.61. The normalized spacial score (nSPS) is 49.2. The second kappa shape index (κ2) is 4.07. The van der Waals surface area contributed by atoms with Crippen LogP contribution in [-0.4, -0.2) is 5.66 Å². The topological polar surface area (TPSA) is 0 Å². The van der Waals surface area contributed by atoms with E-state index in [0.29, 0.717) is 0 Å². The van der Waals surface area contributed by atoms with E-state index in [1.54, 1.807) is 12.8 Å². The molecule has 0 aromatic heterocycles. The van der Waals surface area contributed by atoms with E-state index in [9.17, 15) is 0 Å². The first kappa shape index (κ1) is 10.2. The molecule has 0 saturated heterocycles. The molecule has 6 unspecified atom stereocenters. The summed E-state index contributed by atoms with van der Waals surface area (Å²) in [6, 6.07) is 0. The number of fused-ring (bicyclic) bond motifs is 2. The van der Waals surface area contributed by atoms with Gasteiger partial charge >= 0.3 is 0 Å². The number of rotatable bonds is 2. The molecule has 12 heavy (non-hydrogen) atoms. The molecule has 0 spiro atoms. The average molecular weight is 238 g/mol. The van der Waals surface area contributed by atoms with E-state index in [-0.39, 0.29) is 7.30 Å². The Kier molecular flexibility index (Phi) is 3.47. The van der Waals surface area contributed by atoms with Crippen LogP contribution >= 0.6 is 33.1 Å². The molecular formula is C8H18P4. The van der Waals surface area contributed by atoms with Gasteiger partial charge in [0.05, 0.1) is 0 Å². The monoisotopic (exact) mass is 238 g/mol. The quantitative estimate of drug-likeness (QED) is 0.636. The Morgan fingerprint density at radius 2 is 2.00 bits per heavy atom. The maximum atomic E-state index is 3.13. The van der Waals surface area contributed by atoms with Crippen molar-refractivity contribution in [3.05, 3.63) is 0 Å². The minimum atomic E-state index is 0.274. The van der Waals surface area contributed by atoms with Gasteiger partial charge in [-0.05, 0) is 42.7 Å². The third kappa shape index (κ3) is 1.63. The molecule has 0 nitrogen and oxygen atoms in total. The van der Waals surface area contributed by atoms with E-state index < -0.39 is 0 Å². The molecule has 8 atom stereocenters. The summed E-state index contributed by atoms with van der Waals surface area (Å²) < 4.78 is 0. The van der Waals surface area contributed by atoms with Gasteiger partial charge in [-0.3, -0.25) is 0 Å². The van der Waals surface area contributed by atoms with Crippen LogP contribution < -0.4 is 0 Å². The van der Waals surface area contributed by atoms with E-state index in [1.807, 2.05) is 0 Å². The van der Waals surface area contributed by atoms with Gasteiger partial charge in [0.2, 0.25) is 0 Å². The number of hydrogen-bond acceptors (Lipinski definition) is 0. The van der Waals surface area contributed by atoms with Crippen molar-refractivity contribution in [2.45, 2.75) is 31.8 Å². The molecule has 0 heterocycles. The molecule has 2 bridgehead atoms. The van der Waals surface area contributed by atoms with Crippen molar-refractivity contribution in [3.8, 4) is 0 Å². The zero-order valence-electron chi connectivity index (χ0n) is 7.53. The fourth-order valence-electron chi connectivity index (χ4n) is 3.12. The van der Waals surface area contributed by atoms with Crippen LogP contribution in [0.1, 0.15) is 26.2 Å². The molecule has 2 fully saturated rings. The summed E-state index contributed by atoms with van der Waals surface area (Å²) in [7, 11) is 7.46. The first-order valence-corrected chi connectivity index (χ1v) is 11.4. The van der Waals surface area contributed by atoms with E-state index in [4.69, 9.17) is 0 Å².